The van der Waals surface area contributed by atoms with Crippen molar-refractivity contribution in [3.63, 3.8) is 0 Å². The molecule has 0 radical (unpaired) electrons. The van der Waals surface area contributed by atoms with Gasteiger partial charge in [0.05, 0.1) is 11.7 Å². The summed E-state index contributed by atoms with van der Waals surface area (Å²) in [5.41, 5.74) is 1.81. The van der Waals surface area contributed by atoms with Crippen LogP contribution in [0.3, 0.4) is 0 Å². The Morgan fingerprint density at radius 2 is 1.95 bits per heavy atom. The van der Waals surface area contributed by atoms with Gasteiger partial charge in [-0.05, 0) is 31.2 Å². The number of hydrogen-bond donors (Lipinski definition) is 1. The molecule has 19 heavy (non-hydrogen) atoms. The molecule has 0 aliphatic heterocycles. The van der Waals surface area contributed by atoms with Crippen LogP contribution in [0.1, 0.15) is 30.6 Å². The lowest BCUT2D eigenvalue weighted by Gasteiger charge is -2.19. The zero-order valence-corrected chi connectivity index (χ0v) is 12.5. The van der Waals surface area contributed by atoms with Gasteiger partial charge in [-0.2, -0.15) is 5.10 Å². The van der Waals surface area contributed by atoms with Gasteiger partial charge in [0.1, 0.15) is 0 Å². The van der Waals surface area contributed by atoms with E-state index in [1.807, 2.05) is 37.5 Å². The maximum Gasteiger partial charge on any atom is 0.0840 e. The second-order valence-corrected chi connectivity index (χ2v) is 5.25. The second kappa shape index (κ2) is 6.42. The first-order valence-electron chi connectivity index (χ1n) is 6.30. The Morgan fingerprint density at radius 3 is 2.47 bits per heavy atom. The lowest BCUT2D eigenvalue weighted by molar-refractivity contribution is 0.576. The summed E-state index contributed by atoms with van der Waals surface area (Å²) in [6.07, 6.45) is 2.95. The zero-order valence-electron chi connectivity index (χ0n) is 11.0. The first kappa shape index (κ1) is 14.4. The van der Waals surface area contributed by atoms with Crippen LogP contribution in [0.4, 0.5) is 0 Å². The van der Waals surface area contributed by atoms with Gasteiger partial charge in [0, 0.05) is 28.9 Å². The molecule has 2 aromatic rings. The van der Waals surface area contributed by atoms with Crippen molar-refractivity contribution in [2.75, 3.05) is 6.54 Å². The van der Waals surface area contributed by atoms with Gasteiger partial charge in [-0.15, -0.1) is 0 Å². The molecule has 2 rings (SSSR count). The van der Waals surface area contributed by atoms with Gasteiger partial charge in [-0.25, -0.2) is 0 Å². The highest BCUT2D eigenvalue weighted by Gasteiger charge is 2.21. The van der Waals surface area contributed by atoms with Gasteiger partial charge >= 0.3 is 0 Å². The molecular weight excluding hydrogens is 281 g/mol. The van der Waals surface area contributed by atoms with E-state index in [2.05, 4.69) is 17.3 Å². The first-order valence-corrected chi connectivity index (χ1v) is 7.06. The van der Waals surface area contributed by atoms with E-state index < -0.39 is 0 Å². The van der Waals surface area contributed by atoms with Crippen LogP contribution in [0.15, 0.2) is 30.5 Å². The minimum Gasteiger partial charge on any atom is -0.305 e. The van der Waals surface area contributed by atoms with E-state index in [-0.39, 0.29) is 6.04 Å². The molecule has 1 aromatic carbocycles. The van der Waals surface area contributed by atoms with E-state index in [9.17, 15) is 0 Å². The largest absolute Gasteiger partial charge is 0.305 e. The molecule has 1 unspecified atom stereocenters. The number of rotatable bonds is 5. The molecule has 0 saturated heterocycles. The number of nitrogens with zero attached hydrogens (tertiary/aromatic N) is 2. The number of benzene rings is 1. The van der Waals surface area contributed by atoms with Crippen LogP contribution in [-0.2, 0) is 7.05 Å². The number of hydrogen-bond acceptors (Lipinski definition) is 2. The summed E-state index contributed by atoms with van der Waals surface area (Å²) in [5, 5.41) is 9.23. The minimum absolute atomic E-state index is 0.0812. The molecule has 0 amide bonds. The van der Waals surface area contributed by atoms with Crippen molar-refractivity contribution in [3.8, 4) is 0 Å². The molecule has 5 heteroatoms. The van der Waals surface area contributed by atoms with Crippen molar-refractivity contribution in [1.82, 2.24) is 15.1 Å². The van der Waals surface area contributed by atoms with Crippen LogP contribution >= 0.6 is 23.2 Å². The Bertz CT molecular complexity index is 531. The molecule has 0 aliphatic carbocycles. The van der Waals surface area contributed by atoms with Gasteiger partial charge in [0.15, 0.2) is 0 Å². The van der Waals surface area contributed by atoms with Gasteiger partial charge in [-0.3, -0.25) is 4.68 Å². The van der Waals surface area contributed by atoms with E-state index in [0.29, 0.717) is 10.0 Å². The Labute approximate surface area is 123 Å². The third-order valence-electron chi connectivity index (χ3n) is 2.92. The molecule has 0 aliphatic rings. The fraction of sp³-hybridized carbons (Fsp3) is 0.357. The van der Waals surface area contributed by atoms with Crippen molar-refractivity contribution in [2.45, 2.75) is 19.4 Å². The van der Waals surface area contributed by atoms with Crippen LogP contribution in [0.2, 0.25) is 10.0 Å². The van der Waals surface area contributed by atoms with E-state index in [0.717, 1.165) is 24.2 Å². The third-order valence-corrected chi connectivity index (χ3v) is 3.58. The number of aromatic nitrogens is 2. The summed E-state index contributed by atoms with van der Waals surface area (Å²) in [7, 11) is 1.90. The fourth-order valence-corrected chi connectivity index (χ4v) is 2.63. The van der Waals surface area contributed by atoms with E-state index in [1.165, 1.54) is 0 Å². The monoisotopic (exact) mass is 297 g/mol. The van der Waals surface area contributed by atoms with E-state index in [4.69, 9.17) is 23.2 Å². The quantitative estimate of drug-likeness (QED) is 0.909. The molecule has 3 nitrogen and oxygen atoms in total. The Balaban J connectivity index is 2.42. The number of nitrogens with one attached hydrogen (secondary N) is 1. The molecule has 0 fully saturated rings. The normalized spacial score (nSPS) is 12.6. The maximum absolute atomic E-state index is 6.30. The molecule has 1 heterocycles. The SMILES string of the molecule is CCCNC(c1ccn(C)n1)c1c(Cl)cccc1Cl. The highest BCUT2D eigenvalue weighted by Crippen LogP contribution is 2.33. The molecule has 0 spiro atoms. The Morgan fingerprint density at radius 1 is 1.26 bits per heavy atom. The van der Waals surface area contributed by atoms with Crippen LogP contribution in [0.5, 0.6) is 0 Å². The predicted molar refractivity (Wildman–Crippen MR) is 79.8 cm³/mol. The van der Waals surface area contributed by atoms with Crippen molar-refractivity contribution >= 4 is 23.2 Å². The molecule has 1 aromatic heterocycles. The van der Waals surface area contributed by atoms with Crippen molar-refractivity contribution in [3.05, 3.63) is 51.8 Å². The molecule has 1 N–H and O–H groups in total. The van der Waals surface area contributed by atoms with Crippen molar-refractivity contribution in [1.29, 1.82) is 0 Å². The molecular formula is C14H17Cl2N3. The Kier molecular flexibility index (Phi) is 4.86. The third kappa shape index (κ3) is 3.30. The van der Waals surface area contributed by atoms with Crippen LogP contribution in [0, 0.1) is 0 Å². The molecule has 102 valence electrons. The standard InChI is InChI=1S/C14H17Cl2N3/c1-3-8-17-14(12-7-9-19(2)18-12)13-10(15)5-4-6-11(13)16/h4-7,9,14,17H,3,8H2,1-2H3. The smallest absolute Gasteiger partial charge is 0.0840 e. The van der Waals surface area contributed by atoms with Crippen LogP contribution in [0.25, 0.3) is 0 Å². The predicted octanol–water partition coefficient (Wildman–Crippen LogP) is 3.82. The van der Waals surface area contributed by atoms with Crippen LogP contribution < -0.4 is 5.32 Å². The first-order chi connectivity index (χ1) is 9.13. The van der Waals surface area contributed by atoms with Gasteiger partial charge < -0.3 is 5.32 Å². The van der Waals surface area contributed by atoms with Gasteiger partial charge in [0.2, 0.25) is 0 Å². The van der Waals surface area contributed by atoms with E-state index in [1.54, 1.807) is 4.68 Å². The van der Waals surface area contributed by atoms with Crippen molar-refractivity contribution < 1.29 is 0 Å². The summed E-state index contributed by atoms with van der Waals surface area (Å²) in [6, 6.07) is 7.46. The topological polar surface area (TPSA) is 29.9 Å². The fourth-order valence-electron chi connectivity index (χ4n) is 2.02. The highest BCUT2D eigenvalue weighted by atomic mass is 35.5. The summed E-state index contributed by atoms with van der Waals surface area (Å²) in [5.74, 6) is 0. The van der Waals surface area contributed by atoms with E-state index >= 15 is 0 Å². The van der Waals surface area contributed by atoms with Gasteiger partial charge in [0.25, 0.3) is 0 Å². The lowest BCUT2D eigenvalue weighted by Crippen LogP contribution is -2.24. The average molecular weight is 298 g/mol. The summed E-state index contributed by atoms with van der Waals surface area (Å²) >= 11 is 12.6. The summed E-state index contributed by atoms with van der Waals surface area (Å²) in [6.45, 7) is 3.00. The second-order valence-electron chi connectivity index (χ2n) is 4.44. The number of halogens is 2. The summed E-state index contributed by atoms with van der Waals surface area (Å²) < 4.78 is 1.78. The maximum atomic E-state index is 6.30. The number of aryl methyl sites for hydroxylation is 1. The Hall–Kier alpha value is -1.03. The lowest BCUT2D eigenvalue weighted by atomic mass is 10.0. The van der Waals surface area contributed by atoms with Crippen molar-refractivity contribution in [2.24, 2.45) is 7.05 Å². The van der Waals surface area contributed by atoms with Crippen LogP contribution in [-0.4, -0.2) is 16.3 Å². The zero-order chi connectivity index (χ0) is 13.8. The summed E-state index contributed by atoms with van der Waals surface area (Å²) in [4.78, 5) is 0. The van der Waals surface area contributed by atoms with Gasteiger partial charge in [-0.1, -0.05) is 36.2 Å². The molecule has 0 saturated carbocycles. The average Bonchev–Trinajstić information content (AvgIpc) is 2.79. The molecule has 1 atom stereocenters. The minimum atomic E-state index is -0.0812. The highest BCUT2D eigenvalue weighted by molar-refractivity contribution is 6.36. The molecule has 0 bridgehead atoms.